The number of hydrogen-bond acceptors (Lipinski definition) is 3. The maximum absolute atomic E-state index is 13.1. The number of benzene rings is 1. The number of amides is 1. The van der Waals surface area contributed by atoms with E-state index in [-0.39, 0.29) is 23.4 Å². The Morgan fingerprint density at radius 2 is 1.89 bits per heavy atom. The molecule has 0 saturated carbocycles. The van der Waals surface area contributed by atoms with Crippen molar-refractivity contribution in [3.05, 3.63) is 52.8 Å². The summed E-state index contributed by atoms with van der Waals surface area (Å²) < 4.78 is 1.82. The molecule has 1 aromatic heterocycles. The van der Waals surface area contributed by atoms with Crippen LogP contribution in [0.3, 0.4) is 0 Å². The molecule has 1 saturated heterocycles. The van der Waals surface area contributed by atoms with Crippen molar-refractivity contribution in [1.29, 1.82) is 0 Å². The topological polar surface area (TPSA) is 75.4 Å². The van der Waals surface area contributed by atoms with Crippen molar-refractivity contribution in [3.8, 4) is 0 Å². The largest absolute Gasteiger partial charge is 0.478 e. The maximum Gasteiger partial charge on any atom is 0.339 e. The van der Waals surface area contributed by atoms with Gasteiger partial charge in [0.1, 0.15) is 5.56 Å². The molecule has 1 atom stereocenters. The molecule has 1 aliphatic carbocycles. The Morgan fingerprint density at radius 3 is 2.59 bits per heavy atom. The van der Waals surface area contributed by atoms with Crippen LogP contribution < -0.4 is 0 Å². The fourth-order valence-corrected chi connectivity index (χ4v) is 4.56. The molecule has 1 aliphatic heterocycles. The average molecular weight is 367 g/mol. The van der Waals surface area contributed by atoms with Crippen molar-refractivity contribution in [2.24, 2.45) is 0 Å². The summed E-state index contributed by atoms with van der Waals surface area (Å²) in [6, 6.07) is 8.47. The number of carboxylic acids is 1. The summed E-state index contributed by atoms with van der Waals surface area (Å²) in [6.07, 6.45) is 6.09. The number of carbonyl (C=O) groups is 2. The number of nitrogens with zero attached hydrogens (tertiary/aromatic N) is 3. The fourth-order valence-electron chi connectivity index (χ4n) is 4.56. The molecule has 4 rings (SSSR count). The zero-order valence-corrected chi connectivity index (χ0v) is 15.6. The molecule has 6 heteroatoms. The molecule has 27 heavy (non-hydrogen) atoms. The third-order valence-corrected chi connectivity index (χ3v) is 6.06. The van der Waals surface area contributed by atoms with E-state index in [0.717, 1.165) is 32.1 Å². The van der Waals surface area contributed by atoms with Crippen LogP contribution >= 0.6 is 0 Å². The number of likely N-dealkylation sites (tertiary alicyclic amines) is 1. The van der Waals surface area contributed by atoms with E-state index >= 15 is 0 Å². The third kappa shape index (κ3) is 3.24. The highest BCUT2D eigenvalue weighted by Gasteiger charge is 2.33. The quantitative estimate of drug-likeness (QED) is 0.904. The number of rotatable bonds is 3. The molecule has 0 spiro atoms. The molecule has 1 amide bonds. The van der Waals surface area contributed by atoms with E-state index in [2.05, 4.69) is 23.3 Å². The van der Waals surface area contributed by atoms with E-state index in [1.165, 1.54) is 17.3 Å². The summed E-state index contributed by atoms with van der Waals surface area (Å²) in [7, 11) is 0. The average Bonchev–Trinajstić information content (AvgIpc) is 3.09. The first-order valence-electron chi connectivity index (χ1n) is 9.70. The molecule has 142 valence electrons. The number of aromatic carboxylic acids is 1. The lowest BCUT2D eigenvalue weighted by atomic mass is 9.82. The standard InChI is InChI=1S/C21H25N3O3/c1-14-19(21(26)27)13-22-24(14)16-9-11-23(12-10-16)20(25)18-8-4-6-15-5-2-3-7-17(15)18/h2-3,5,7,13,16,18H,4,6,8-12H2,1H3,(H,26,27). The van der Waals surface area contributed by atoms with Gasteiger partial charge in [0, 0.05) is 13.1 Å². The van der Waals surface area contributed by atoms with Crippen molar-refractivity contribution in [3.63, 3.8) is 0 Å². The SMILES string of the molecule is Cc1c(C(=O)O)cnn1C1CCN(C(=O)C2CCCc3ccccc32)CC1. The Balaban J connectivity index is 1.44. The number of fused-ring (bicyclic) bond motifs is 1. The van der Waals surface area contributed by atoms with Gasteiger partial charge in [0.05, 0.1) is 23.9 Å². The van der Waals surface area contributed by atoms with Crippen molar-refractivity contribution < 1.29 is 14.7 Å². The van der Waals surface area contributed by atoms with Crippen LogP contribution in [0.4, 0.5) is 0 Å². The minimum absolute atomic E-state index is 0.0171. The van der Waals surface area contributed by atoms with Crippen LogP contribution in [0.5, 0.6) is 0 Å². The van der Waals surface area contributed by atoms with E-state index in [1.54, 1.807) is 6.92 Å². The molecule has 2 heterocycles. The summed E-state index contributed by atoms with van der Waals surface area (Å²) in [6.45, 7) is 3.20. The van der Waals surface area contributed by atoms with Gasteiger partial charge in [0.15, 0.2) is 0 Å². The van der Waals surface area contributed by atoms with Gasteiger partial charge < -0.3 is 10.0 Å². The van der Waals surface area contributed by atoms with Crippen LogP contribution in [-0.4, -0.2) is 44.8 Å². The second kappa shape index (κ2) is 7.18. The van der Waals surface area contributed by atoms with Gasteiger partial charge in [-0.05, 0) is 50.2 Å². The molecular formula is C21H25N3O3. The van der Waals surface area contributed by atoms with Crippen molar-refractivity contribution >= 4 is 11.9 Å². The molecule has 6 nitrogen and oxygen atoms in total. The number of carboxylic acid groups (broad SMARTS) is 1. The van der Waals surface area contributed by atoms with E-state index < -0.39 is 5.97 Å². The minimum atomic E-state index is -0.942. The number of piperidine rings is 1. The monoisotopic (exact) mass is 367 g/mol. The highest BCUT2D eigenvalue weighted by atomic mass is 16.4. The number of carbonyl (C=O) groups excluding carboxylic acids is 1. The second-order valence-corrected chi connectivity index (χ2v) is 7.59. The first kappa shape index (κ1) is 17.8. The summed E-state index contributed by atoms with van der Waals surface area (Å²) in [5, 5.41) is 13.5. The Labute approximate surface area is 158 Å². The smallest absolute Gasteiger partial charge is 0.339 e. The fraction of sp³-hybridized carbons (Fsp3) is 0.476. The summed E-state index contributed by atoms with van der Waals surface area (Å²) in [5.41, 5.74) is 3.45. The summed E-state index contributed by atoms with van der Waals surface area (Å²) in [4.78, 5) is 26.4. The van der Waals surface area contributed by atoms with Crippen molar-refractivity contribution in [1.82, 2.24) is 14.7 Å². The molecule has 1 aromatic carbocycles. The van der Waals surface area contributed by atoms with Crippen LogP contribution in [0.15, 0.2) is 30.5 Å². The number of aromatic nitrogens is 2. The molecular weight excluding hydrogens is 342 g/mol. The van der Waals surface area contributed by atoms with Gasteiger partial charge in [0.25, 0.3) is 0 Å². The molecule has 2 aliphatic rings. The molecule has 2 aromatic rings. The van der Waals surface area contributed by atoms with Crippen LogP contribution in [0, 0.1) is 6.92 Å². The van der Waals surface area contributed by atoms with E-state index in [4.69, 9.17) is 0 Å². The summed E-state index contributed by atoms with van der Waals surface area (Å²) in [5.74, 6) is -0.720. The van der Waals surface area contributed by atoms with Gasteiger partial charge in [-0.15, -0.1) is 0 Å². The van der Waals surface area contributed by atoms with Crippen LogP contribution in [0.1, 0.15) is 64.8 Å². The van der Waals surface area contributed by atoms with Gasteiger partial charge >= 0.3 is 5.97 Å². The zero-order chi connectivity index (χ0) is 19.0. The number of hydrogen-bond donors (Lipinski definition) is 1. The van der Waals surface area contributed by atoms with E-state index in [9.17, 15) is 14.7 Å². The van der Waals surface area contributed by atoms with Gasteiger partial charge in [-0.2, -0.15) is 5.10 Å². The van der Waals surface area contributed by atoms with Crippen molar-refractivity contribution in [2.75, 3.05) is 13.1 Å². The minimum Gasteiger partial charge on any atom is -0.478 e. The Kier molecular flexibility index (Phi) is 4.72. The van der Waals surface area contributed by atoms with Crippen LogP contribution in [-0.2, 0) is 11.2 Å². The molecule has 0 radical (unpaired) electrons. The van der Waals surface area contributed by atoms with Crippen molar-refractivity contribution in [2.45, 2.75) is 51.0 Å². The van der Waals surface area contributed by atoms with Gasteiger partial charge in [-0.3, -0.25) is 9.48 Å². The first-order chi connectivity index (χ1) is 13.1. The normalized spacial score (nSPS) is 20.3. The number of aryl methyl sites for hydroxylation is 1. The predicted molar refractivity (Wildman–Crippen MR) is 101 cm³/mol. The Bertz CT molecular complexity index is 865. The molecule has 1 fully saturated rings. The van der Waals surface area contributed by atoms with Crippen LogP contribution in [0.2, 0.25) is 0 Å². The second-order valence-electron chi connectivity index (χ2n) is 7.59. The van der Waals surface area contributed by atoms with Gasteiger partial charge in [0.2, 0.25) is 5.91 Å². The van der Waals surface area contributed by atoms with Gasteiger partial charge in [-0.1, -0.05) is 24.3 Å². The maximum atomic E-state index is 13.1. The van der Waals surface area contributed by atoms with Gasteiger partial charge in [-0.25, -0.2) is 4.79 Å². The third-order valence-electron chi connectivity index (χ3n) is 6.06. The molecule has 0 bridgehead atoms. The Hall–Kier alpha value is -2.63. The Morgan fingerprint density at radius 1 is 1.15 bits per heavy atom. The predicted octanol–water partition coefficient (Wildman–Crippen LogP) is 3.17. The van der Waals surface area contributed by atoms with Crippen LogP contribution in [0.25, 0.3) is 0 Å². The lowest BCUT2D eigenvalue weighted by Crippen LogP contribution is -2.42. The lowest BCUT2D eigenvalue weighted by Gasteiger charge is -2.36. The lowest BCUT2D eigenvalue weighted by molar-refractivity contribution is -0.134. The summed E-state index contributed by atoms with van der Waals surface area (Å²) >= 11 is 0. The van der Waals surface area contributed by atoms with E-state index in [0.29, 0.717) is 18.8 Å². The zero-order valence-electron chi connectivity index (χ0n) is 15.6. The molecule has 1 unspecified atom stereocenters. The molecule has 1 N–H and O–H groups in total. The highest BCUT2D eigenvalue weighted by molar-refractivity contribution is 5.88. The first-order valence-corrected chi connectivity index (χ1v) is 9.70. The highest BCUT2D eigenvalue weighted by Crippen LogP contribution is 2.34. The van der Waals surface area contributed by atoms with E-state index in [1.807, 2.05) is 15.6 Å².